The number of nitrogens with one attached hydrogen (secondary N) is 2. The lowest BCUT2D eigenvalue weighted by atomic mass is 10.2. The van der Waals surface area contributed by atoms with Crippen LogP contribution in [0.15, 0.2) is 33.9 Å². The van der Waals surface area contributed by atoms with Gasteiger partial charge in [-0.25, -0.2) is 9.78 Å². The Hall–Kier alpha value is -3.36. The number of aromatic amines is 1. The van der Waals surface area contributed by atoms with Gasteiger partial charge in [-0.2, -0.15) is 0 Å². The monoisotopic (exact) mass is 328 g/mol. The van der Waals surface area contributed by atoms with Crippen molar-refractivity contribution in [2.45, 2.75) is 6.54 Å². The van der Waals surface area contributed by atoms with E-state index in [4.69, 9.17) is 0 Å². The third-order valence-corrected chi connectivity index (χ3v) is 3.72. The fraction of sp³-hybridized carbons (Fsp3) is 0.200. The standard InChI is InChI=1S/C15H15N5O4/c1-19-12-11(13(21)20(2)15(19)24)17-10(18-12)7-16-9-5-3-8(4-6-9)14(22)23/h3-6,16H,7H2,1-2H3,(H,17,18)(H,22,23)/p-1. The number of aromatic carboxylic acids is 1. The molecule has 24 heavy (non-hydrogen) atoms. The Kier molecular flexibility index (Phi) is 3.68. The number of carbonyl (C=O) groups is 1. The molecule has 2 aromatic heterocycles. The lowest BCUT2D eigenvalue weighted by molar-refractivity contribution is -0.255. The van der Waals surface area contributed by atoms with Crippen LogP contribution in [0.25, 0.3) is 11.2 Å². The number of carbonyl (C=O) groups excluding carboxylic acids is 1. The number of benzene rings is 1. The van der Waals surface area contributed by atoms with Gasteiger partial charge in [0, 0.05) is 19.8 Å². The van der Waals surface area contributed by atoms with E-state index in [0.717, 1.165) is 4.57 Å². The van der Waals surface area contributed by atoms with E-state index in [1.165, 1.54) is 23.7 Å². The van der Waals surface area contributed by atoms with Crippen LogP contribution in [-0.2, 0) is 20.6 Å². The average Bonchev–Trinajstić information content (AvgIpc) is 3.01. The minimum Gasteiger partial charge on any atom is -0.545 e. The summed E-state index contributed by atoms with van der Waals surface area (Å²) in [5, 5.41) is 13.8. The van der Waals surface area contributed by atoms with Crippen molar-refractivity contribution in [3.63, 3.8) is 0 Å². The zero-order valence-corrected chi connectivity index (χ0v) is 13.0. The van der Waals surface area contributed by atoms with Gasteiger partial charge in [-0.05, 0) is 17.7 Å². The second-order valence-electron chi connectivity index (χ2n) is 5.31. The van der Waals surface area contributed by atoms with E-state index in [1.807, 2.05) is 0 Å². The van der Waals surface area contributed by atoms with Gasteiger partial charge in [0.25, 0.3) is 5.56 Å². The lowest BCUT2D eigenvalue weighted by Gasteiger charge is -2.06. The number of rotatable bonds is 4. The maximum Gasteiger partial charge on any atom is 0.332 e. The fourth-order valence-electron chi connectivity index (χ4n) is 2.37. The molecule has 0 atom stereocenters. The number of fused-ring (bicyclic) bond motifs is 1. The van der Waals surface area contributed by atoms with Crippen molar-refractivity contribution in [3.8, 4) is 0 Å². The summed E-state index contributed by atoms with van der Waals surface area (Å²) in [7, 11) is 2.95. The van der Waals surface area contributed by atoms with Crippen molar-refractivity contribution in [2.24, 2.45) is 14.1 Å². The molecule has 2 heterocycles. The van der Waals surface area contributed by atoms with Crippen LogP contribution in [0.5, 0.6) is 0 Å². The van der Waals surface area contributed by atoms with Gasteiger partial charge in [0.2, 0.25) is 0 Å². The molecule has 9 heteroatoms. The van der Waals surface area contributed by atoms with Crippen molar-refractivity contribution in [2.75, 3.05) is 5.32 Å². The van der Waals surface area contributed by atoms with Crippen molar-refractivity contribution in [1.29, 1.82) is 0 Å². The topological polar surface area (TPSA) is 125 Å². The van der Waals surface area contributed by atoms with Crippen LogP contribution in [0.3, 0.4) is 0 Å². The van der Waals surface area contributed by atoms with Crippen LogP contribution in [0.4, 0.5) is 5.69 Å². The summed E-state index contributed by atoms with van der Waals surface area (Å²) in [6, 6.07) is 6.05. The third kappa shape index (κ3) is 2.56. The molecule has 124 valence electrons. The molecule has 2 N–H and O–H groups in total. The number of H-pyrrole nitrogens is 1. The molecule has 0 saturated heterocycles. The highest BCUT2D eigenvalue weighted by molar-refractivity contribution is 5.86. The van der Waals surface area contributed by atoms with Gasteiger partial charge in [-0.15, -0.1) is 0 Å². The van der Waals surface area contributed by atoms with Gasteiger partial charge in [0.05, 0.1) is 12.5 Å². The lowest BCUT2D eigenvalue weighted by Crippen LogP contribution is -2.36. The molecule has 3 aromatic rings. The number of aryl methyl sites for hydroxylation is 1. The first-order valence-electron chi connectivity index (χ1n) is 7.08. The minimum atomic E-state index is -1.24. The Morgan fingerprint density at radius 3 is 2.50 bits per heavy atom. The maximum atomic E-state index is 12.1. The summed E-state index contributed by atoms with van der Waals surface area (Å²) in [5.74, 6) is -0.761. The number of hydrogen-bond donors (Lipinski definition) is 2. The zero-order valence-electron chi connectivity index (χ0n) is 13.0. The van der Waals surface area contributed by atoms with E-state index in [0.29, 0.717) is 11.5 Å². The Morgan fingerprint density at radius 2 is 1.88 bits per heavy atom. The van der Waals surface area contributed by atoms with Gasteiger partial charge in [0.1, 0.15) is 11.3 Å². The molecular formula is C15H14N5O4-. The zero-order chi connectivity index (χ0) is 17.4. The molecule has 3 rings (SSSR count). The molecule has 0 aliphatic heterocycles. The van der Waals surface area contributed by atoms with Gasteiger partial charge in [0.15, 0.2) is 5.65 Å². The number of imidazole rings is 1. The number of aromatic nitrogens is 4. The quantitative estimate of drug-likeness (QED) is 0.629. The average molecular weight is 328 g/mol. The summed E-state index contributed by atoms with van der Waals surface area (Å²) in [6.45, 7) is 0.274. The minimum absolute atomic E-state index is 0.0859. The van der Waals surface area contributed by atoms with E-state index in [1.54, 1.807) is 19.2 Å². The van der Waals surface area contributed by atoms with Crippen LogP contribution in [0.2, 0.25) is 0 Å². The van der Waals surface area contributed by atoms with E-state index >= 15 is 0 Å². The molecule has 0 spiro atoms. The Morgan fingerprint density at radius 1 is 1.21 bits per heavy atom. The molecular weight excluding hydrogens is 314 g/mol. The predicted octanol–water partition coefficient (Wildman–Crippen LogP) is -1.06. The highest BCUT2D eigenvalue weighted by atomic mass is 16.4. The molecule has 0 aliphatic carbocycles. The number of hydrogen-bond acceptors (Lipinski definition) is 6. The van der Waals surface area contributed by atoms with Crippen molar-refractivity contribution in [3.05, 3.63) is 56.5 Å². The summed E-state index contributed by atoms with van der Waals surface area (Å²) >= 11 is 0. The molecule has 0 bridgehead atoms. The largest absolute Gasteiger partial charge is 0.545 e. The molecule has 0 fully saturated rings. The predicted molar refractivity (Wildman–Crippen MR) is 84.7 cm³/mol. The van der Waals surface area contributed by atoms with Crippen LogP contribution in [-0.4, -0.2) is 25.1 Å². The molecule has 0 aliphatic rings. The van der Waals surface area contributed by atoms with Crippen molar-refractivity contribution >= 4 is 22.8 Å². The van der Waals surface area contributed by atoms with E-state index < -0.39 is 17.2 Å². The van der Waals surface area contributed by atoms with Crippen molar-refractivity contribution in [1.82, 2.24) is 19.1 Å². The normalized spacial score (nSPS) is 10.9. The molecule has 0 saturated carbocycles. The van der Waals surface area contributed by atoms with Crippen LogP contribution >= 0.6 is 0 Å². The van der Waals surface area contributed by atoms with Gasteiger partial charge in [-0.1, -0.05) is 12.1 Å². The second kappa shape index (κ2) is 5.69. The summed E-state index contributed by atoms with van der Waals surface area (Å²) in [4.78, 5) is 41.8. The first-order valence-corrected chi connectivity index (χ1v) is 7.08. The van der Waals surface area contributed by atoms with Crippen LogP contribution in [0, 0.1) is 0 Å². The van der Waals surface area contributed by atoms with Crippen LogP contribution < -0.4 is 21.7 Å². The second-order valence-corrected chi connectivity index (χ2v) is 5.31. The molecule has 0 unspecified atom stereocenters. The van der Waals surface area contributed by atoms with Gasteiger partial charge in [-0.3, -0.25) is 13.9 Å². The van der Waals surface area contributed by atoms with Crippen molar-refractivity contribution < 1.29 is 9.90 Å². The number of carboxylic acid groups (broad SMARTS) is 1. The summed E-state index contributed by atoms with van der Waals surface area (Å²) in [6.07, 6.45) is 0. The van der Waals surface area contributed by atoms with E-state index in [2.05, 4.69) is 15.3 Å². The molecule has 0 amide bonds. The summed E-state index contributed by atoms with van der Waals surface area (Å²) < 4.78 is 2.31. The fourth-order valence-corrected chi connectivity index (χ4v) is 2.37. The molecule has 9 nitrogen and oxygen atoms in total. The first-order chi connectivity index (χ1) is 11.4. The molecule has 1 aromatic carbocycles. The Balaban J connectivity index is 1.87. The maximum absolute atomic E-state index is 12.1. The van der Waals surface area contributed by atoms with E-state index in [9.17, 15) is 19.5 Å². The Bertz CT molecular complexity index is 1040. The van der Waals surface area contributed by atoms with E-state index in [-0.39, 0.29) is 23.3 Å². The molecule has 0 radical (unpaired) electrons. The highest BCUT2D eigenvalue weighted by Gasteiger charge is 2.13. The Labute approximate surface area is 135 Å². The smallest absolute Gasteiger partial charge is 0.332 e. The highest BCUT2D eigenvalue weighted by Crippen LogP contribution is 2.11. The summed E-state index contributed by atoms with van der Waals surface area (Å²) in [5.41, 5.74) is 0.419. The van der Waals surface area contributed by atoms with Crippen LogP contribution in [0.1, 0.15) is 16.2 Å². The number of anilines is 1. The first kappa shape index (κ1) is 15.5. The number of carboxylic acids is 1. The van der Waals surface area contributed by atoms with Gasteiger partial charge < -0.3 is 20.2 Å². The van der Waals surface area contributed by atoms with Gasteiger partial charge >= 0.3 is 5.69 Å². The third-order valence-electron chi connectivity index (χ3n) is 3.72. The number of nitrogens with zero attached hydrogens (tertiary/aromatic N) is 3. The SMILES string of the molecule is Cn1c(=O)c2[nH]c(CNc3ccc(C(=O)[O-])cc3)nc2n(C)c1=O.